The van der Waals surface area contributed by atoms with Crippen LogP contribution in [0.3, 0.4) is 0 Å². The highest BCUT2D eigenvalue weighted by Crippen LogP contribution is 2.29. The van der Waals surface area contributed by atoms with E-state index in [0.29, 0.717) is 12.5 Å². The molecule has 0 saturated heterocycles. The van der Waals surface area contributed by atoms with Gasteiger partial charge in [0.1, 0.15) is 5.75 Å². The van der Waals surface area contributed by atoms with Gasteiger partial charge in [-0.15, -0.1) is 0 Å². The fourth-order valence-corrected chi connectivity index (χ4v) is 1.51. The molecule has 0 aromatic heterocycles. The highest BCUT2D eigenvalue weighted by molar-refractivity contribution is 5.96. The van der Waals surface area contributed by atoms with Gasteiger partial charge in [-0.05, 0) is 24.1 Å². The Labute approximate surface area is 110 Å². The SMILES string of the molecule is CC(C)COC(=O)OC(=O)c1ccc2c(c1)OCN2. The minimum Gasteiger partial charge on any atom is -0.471 e. The Morgan fingerprint density at radius 1 is 1.42 bits per heavy atom. The van der Waals surface area contributed by atoms with Gasteiger partial charge in [0.15, 0.2) is 6.73 Å². The van der Waals surface area contributed by atoms with Crippen LogP contribution in [0, 0.1) is 5.92 Å². The van der Waals surface area contributed by atoms with E-state index in [0.717, 1.165) is 5.69 Å². The lowest BCUT2D eigenvalue weighted by Crippen LogP contribution is -2.16. The number of carbonyl (C=O) groups is 2. The topological polar surface area (TPSA) is 73.9 Å². The summed E-state index contributed by atoms with van der Waals surface area (Å²) >= 11 is 0. The van der Waals surface area contributed by atoms with Gasteiger partial charge in [-0.3, -0.25) is 0 Å². The molecule has 2 rings (SSSR count). The predicted octanol–water partition coefficient (Wildman–Crippen LogP) is 2.40. The van der Waals surface area contributed by atoms with E-state index < -0.39 is 12.1 Å². The highest BCUT2D eigenvalue weighted by atomic mass is 16.7. The summed E-state index contributed by atoms with van der Waals surface area (Å²) in [5, 5.41) is 2.97. The van der Waals surface area contributed by atoms with Crippen LogP contribution in [0.5, 0.6) is 5.75 Å². The van der Waals surface area contributed by atoms with Gasteiger partial charge in [-0.2, -0.15) is 0 Å². The summed E-state index contributed by atoms with van der Waals surface area (Å²) in [4.78, 5) is 23.0. The van der Waals surface area contributed by atoms with Gasteiger partial charge < -0.3 is 19.5 Å². The number of benzene rings is 1. The summed E-state index contributed by atoms with van der Waals surface area (Å²) in [7, 11) is 0. The van der Waals surface area contributed by atoms with Crippen LogP contribution in [0.15, 0.2) is 18.2 Å². The average Bonchev–Trinajstić information content (AvgIpc) is 2.83. The molecule has 102 valence electrons. The van der Waals surface area contributed by atoms with Crippen molar-refractivity contribution in [2.75, 3.05) is 18.7 Å². The number of nitrogens with one attached hydrogen (secondary N) is 1. The molecule has 1 N–H and O–H groups in total. The van der Waals surface area contributed by atoms with Crippen LogP contribution in [0.4, 0.5) is 10.5 Å². The van der Waals surface area contributed by atoms with Crippen LogP contribution in [0.1, 0.15) is 24.2 Å². The van der Waals surface area contributed by atoms with Gasteiger partial charge in [-0.25, -0.2) is 9.59 Å². The molecule has 6 heteroatoms. The van der Waals surface area contributed by atoms with E-state index >= 15 is 0 Å². The van der Waals surface area contributed by atoms with Crippen molar-refractivity contribution in [2.24, 2.45) is 5.92 Å². The number of rotatable bonds is 3. The van der Waals surface area contributed by atoms with Crippen molar-refractivity contribution in [1.29, 1.82) is 0 Å². The first kappa shape index (κ1) is 13.2. The van der Waals surface area contributed by atoms with Crippen LogP contribution in [0.25, 0.3) is 0 Å². The number of anilines is 1. The number of carbonyl (C=O) groups excluding carboxylic acids is 2. The summed E-state index contributed by atoms with van der Waals surface area (Å²) in [5.41, 5.74) is 1.04. The fourth-order valence-electron chi connectivity index (χ4n) is 1.51. The molecule has 1 heterocycles. The zero-order chi connectivity index (χ0) is 13.8. The molecule has 0 aliphatic carbocycles. The fraction of sp³-hybridized carbons (Fsp3) is 0.385. The molecule has 0 amide bonds. The number of hydrogen-bond donors (Lipinski definition) is 1. The summed E-state index contributed by atoms with van der Waals surface area (Å²) < 4.78 is 14.6. The Balaban J connectivity index is 1.94. The molecule has 0 fully saturated rings. The van der Waals surface area contributed by atoms with Crippen LogP contribution < -0.4 is 10.1 Å². The maximum atomic E-state index is 11.7. The molecule has 1 aliphatic rings. The van der Waals surface area contributed by atoms with Crippen LogP contribution in [0.2, 0.25) is 0 Å². The van der Waals surface area contributed by atoms with Gasteiger partial charge in [0.25, 0.3) is 0 Å². The molecular weight excluding hydrogens is 250 g/mol. The Morgan fingerprint density at radius 3 is 2.95 bits per heavy atom. The smallest absolute Gasteiger partial charge is 0.471 e. The second-order valence-corrected chi connectivity index (χ2v) is 4.52. The van der Waals surface area contributed by atoms with Crippen molar-refractivity contribution in [3.63, 3.8) is 0 Å². The molecule has 1 aromatic rings. The van der Waals surface area contributed by atoms with Crippen LogP contribution in [-0.2, 0) is 9.47 Å². The van der Waals surface area contributed by atoms with E-state index in [2.05, 4.69) is 10.1 Å². The average molecular weight is 265 g/mol. The summed E-state index contributed by atoms with van der Waals surface area (Å²) in [5.74, 6) is -0.0147. The lowest BCUT2D eigenvalue weighted by atomic mass is 10.2. The Hall–Kier alpha value is -2.24. The third-order valence-corrected chi connectivity index (χ3v) is 2.42. The predicted molar refractivity (Wildman–Crippen MR) is 67.2 cm³/mol. The van der Waals surface area contributed by atoms with E-state index in [4.69, 9.17) is 9.47 Å². The monoisotopic (exact) mass is 265 g/mol. The molecule has 6 nitrogen and oxygen atoms in total. The van der Waals surface area contributed by atoms with Gasteiger partial charge >= 0.3 is 12.1 Å². The lowest BCUT2D eigenvalue weighted by Gasteiger charge is -2.07. The van der Waals surface area contributed by atoms with Crippen molar-refractivity contribution in [3.8, 4) is 5.75 Å². The van der Waals surface area contributed by atoms with Gasteiger partial charge in [0.05, 0.1) is 17.9 Å². The van der Waals surface area contributed by atoms with Gasteiger partial charge in [0.2, 0.25) is 0 Å². The van der Waals surface area contributed by atoms with Gasteiger partial charge in [-0.1, -0.05) is 13.8 Å². The zero-order valence-corrected chi connectivity index (χ0v) is 10.8. The zero-order valence-electron chi connectivity index (χ0n) is 10.8. The van der Waals surface area contributed by atoms with Crippen LogP contribution >= 0.6 is 0 Å². The molecule has 0 spiro atoms. The van der Waals surface area contributed by atoms with Crippen molar-refractivity contribution >= 4 is 17.8 Å². The van der Waals surface area contributed by atoms with Crippen molar-refractivity contribution in [2.45, 2.75) is 13.8 Å². The second kappa shape index (κ2) is 5.60. The van der Waals surface area contributed by atoms with E-state index in [9.17, 15) is 9.59 Å². The minimum atomic E-state index is -0.988. The highest BCUT2D eigenvalue weighted by Gasteiger charge is 2.18. The first-order valence-electron chi connectivity index (χ1n) is 5.96. The Kier molecular flexibility index (Phi) is 3.89. The molecule has 1 aromatic carbocycles. The molecule has 0 unspecified atom stereocenters. The molecule has 0 atom stereocenters. The first-order valence-corrected chi connectivity index (χ1v) is 5.96. The number of esters is 1. The molecule has 0 bridgehead atoms. The largest absolute Gasteiger partial charge is 0.516 e. The first-order chi connectivity index (χ1) is 9.06. The maximum Gasteiger partial charge on any atom is 0.516 e. The number of hydrogen-bond acceptors (Lipinski definition) is 6. The molecular formula is C13H15NO5. The maximum absolute atomic E-state index is 11.7. The van der Waals surface area contributed by atoms with Gasteiger partial charge in [0, 0.05) is 0 Å². The Bertz CT molecular complexity index is 498. The molecule has 0 saturated carbocycles. The van der Waals surface area contributed by atoms with E-state index in [1.54, 1.807) is 12.1 Å². The normalized spacial score (nSPS) is 12.4. The third-order valence-electron chi connectivity index (χ3n) is 2.42. The molecule has 19 heavy (non-hydrogen) atoms. The second-order valence-electron chi connectivity index (χ2n) is 4.52. The lowest BCUT2D eigenvalue weighted by molar-refractivity contribution is 0.0350. The summed E-state index contributed by atoms with van der Waals surface area (Å²) in [6.07, 6.45) is -0.988. The molecule has 0 radical (unpaired) electrons. The van der Waals surface area contributed by atoms with Crippen molar-refractivity contribution < 1.29 is 23.8 Å². The van der Waals surface area contributed by atoms with E-state index in [-0.39, 0.29) is 18.1 Å². The standard InChI is InChI=1S/C13H15NO5/c1-8(2)6-17-13(16)19-12(15)9-3-4-10-11(5-9)18-7-14-10/h3-5,8,14H,6-7H2,1-2H3. The summed E-state index contributed by atoms with van der Waals surface area (Å²) in [6.45, 7) is 4.35. The van der Waals surface area contributed by atoms with E-state index in [1.165, 1.54) is 6.07 Å². The quantitative estimate of drug-likeness (QED) is 0.668. The van der Waals surface area contributed by atoms with Crippen molar-refractivity contribution in [3.05, 3.63) is 23.8 Å². The van der Waals surface area contributed by atoms with E-state index in [1.807, 2.05) is 13.8 Å². The number of fused-ring (bicyclic) bond motifs is 1. The van der Waals surface area contributed by atoms with Crippen molar-refractivity contribution in [1.82, 2.24) is 0 Å². The molecule has 1 aliphatic heterocycles. The third kappa shape index (κ3) is 3.37. The minimum absolute atomic E-state index is 0.183. The Morgan fingerprint density at radius 2 is 2.21 bits per heavy atom. The number of ether oxygens (including phenoxy) is 3. The summed E-state index contributed by atoms with van der Waals surface area (Å²) in [6, 6.07) is 4.77. The van der Waals surface area contributed by atoms with Crippen LogP contribution in [-0.4, -0.2) is 25.5 Å².